The number of hydrogen-bond donors (Lipinski definition) is 0. The molecule has 1 aromatic heterocycles. The van der Waals surface area contributed by atoms with Gasteiger partial charge in [0, 0.05) is 55.7 Å². The van der Waals surface area contributed by atoms with Crippen molar-refractivity contribution in [1.82, 2.24) is 14.9 Å². The fourth-order valence-electron chi connectivity index (χ4n) is 3.81. The van der Waals surface area contributed by atoms with E-state index < -0.39 is 0 Å². The summed E-state index contributed by atoms with van der Waals surface area (Å²) in [5, 5.41) is 0. The van der Waals surface area contributed by atoms with E-state index >= 15 is 0 Å². The first kappa shape index (κ1) is 22.2. The van der Waals surface area contributed by atoms with Crippen molar-refractivity contribution in [2.24, 2.45) is 5.92 Å². The molecule has 1 aromatic carbocycles. The molecule has 2 aromatic rings. The first-order valence-electron chi connectivity index (χ1n) is 11.0. The van der Waals surface area contributed by atoms with Crippen LogP contribution in [0.4, 0.5) is 10.2 Å². The standard InChI is InChI=1S/C24H33FN4O/c1-6-17(4)22-26-18(5)20(15-19-9-7-8-10-21(19)25)23(27-22)28-11-13-29(14-12-28)24(30)16(2)3/h7-10,16-17H,6,11-15H2,1-5H3. The van der Waals surface area contributed by atoms with Crippen molar-refractivity contribution < 1.29 is 9.18 Å². The van der Waals surface area contributed by atoms with E-state index in [2.05, 4.69) is 18.7 Å². The highest BCUT2D eigenvalue weighted by atomic mass is 19.1. The van der Waals surface area contributed by atoms with Crippen LogP contribution in [0.2, 0.25) is 0 Å². The lowest BCUT2D eigenvalue weighted by atomic mass is 10.0. The molecule has 1 aliphatic heterocycles. The molecule has 2 heterocycles. The van der Waals surface area contributed by atoms with Crippen LogP contribution in [0.3, 0.4) is 0 Å². The number of carbonyl (C=O) groups is 1. The summed E-state index contributed by atoms with van der Waals surface area (Å²) in [6.07, 6.45) is 1.42. The number of piperazine rings is 1. The molecule has 1 fully saturated rings. The number of nitrogens with zero attached hydrogens (tertiary/aromatic N) is 4. The van der Waals surface area contributed by atoms with Crippen LogP contribution in [0.5, 0.6) is 0 Å². The lowest BCUT2D eigenvalue weighted by Crippen LogP contribution is -2.50. The van der Waals surface area contributed by atoms with Crippen LogP contribution in [0, 0.1) is 18.7 Å². The van der Waals surface area contributed by atoms with E-state index in [0.717, 1.165) is 42.4 Å². The molecule has 3 rings (SSSR count). The van der Waals surface area contributed by atoms with E-state index in [-0.39, 0.29) is 23.6 Å². The number of amides is 1. The average Bonchev–Trinajstić information content (AvgIpc) is 2.75. The van der Waals surface area contributed by atoms with E-state index in [4.69, 9.17) is 9.97 Å². The molecule has 1 unspecified atom stereocenters. The molecule has 30 heavy (non-hydrogen) atoms. The quantitative estimate of drug-likeness (QED) is 0.708. The predicted octanol–water partition coefficient (Wildman–Crippen LogP) is 4.33. The zero-order chi connectivity index (χ0) is 21.8. The van der Waals surface area contributed by atoms with E-state index in [0.29, 0.717) is 25.1 Å². The first-order valence-corrected chi connectivity index (χ1v) is 11.0. The summed E-state index contributed by atoms with van der Waals surface area (Å²) in [6.45, 7) is 12.9. The number of anilines is 1. The summed E-state index contributed by atoms with van der Waals surface area (Å²) in [4.78, 5) is 26.2. The molecule has 0 aliphatic carbocycles. The summed E-state index contributed by atoms with van der Waals surface area (Å²) in [5.41, 5.74) is 2.52. The molecule has 162 valence electrons. The topological polar surface area (TPSA) is 49.3 Å². The minimum Gasteiger partial charge on any atom is -0.353 e. The van der Waals surface area contributed by atoms with Gasteiger partial charge in [-0.1, -0.05) is 45.9 Å². The lowest BCUT2D eigenvalue weighted by Gasteiger charge is -2.37. The fraction of sp³-hybridized carbons (Fsp3) is 0.542. The Morgan fingerprint density at radius 1 is 1.10 bits per heavy atom. The molecule has 1 saturated heterocycles. The fourth-order valence-corrected chi connectivity index (χ4v) is 3.81. The highest BCUT2D eigenvalue weighted by Crippen LogP contribution is 2.28. The average molecular weight is 413 g/mol. The smallest absolute Gasteiger partial charge is 0.225 e. The minimum absolute atomic E-state index is 0.00599. The number of halogens is 1. The molecule has 0 bridgehead atoms. The Morgan fingerprint density at radius 3 is 2.37 bits per heavy atom. The van der Waals surface area contributed by atoms with Crippen molar-refractivity contribution in [1.29, 1.82) is 0 Å². The zero-order valence-electron chi connectivity index (χ0n) is 18.8. The van der Waals surface area contributed by atoms with Gasteiger partial charge < -0.3 is 9.80 Å². The van der Waals surface area contributed by atoms with Crippen molar-refractivity contribution in [3.63, 3.8) is 0 Å². The van der Waals surface area contributed by atoms with E-state index in [1.165, 1.54) is 6.07 Å². The van der Waals surface area contributed by atoms with Crippen LogP contribution >= 0.6 is 0 Å². The second kappa shape index (κ2) is 9.54. The summed E-state index contributed by atoms with van der Waals surface area (Å²) in [6, 6.07) is 6.88. The highest BCUT2D eigenvalue weighted by Gasteiger charge is 2.26. The molecule has 1 aliphatic rings. The Hall–Kier alpha value is -2.50. The number of hydrogen-bond acceptors (Lipinski definition) is 4. The number of carbonyl (C=O) groups excluding carboxylic acids is 1. The third kappa shape index (κ3) is 4.79. The summed E-state index contributed by atoms with van der Waals surface area (Å²) in [5.74, 6) is 1.97. The molecule has 0 N–H and O–H groups in total. The molecule has 0 radical (unpaired) electrons. The molecule has 0 spiro atoms. The van der Waals surface area contributed by atoms with Gasteiger partial charge in [0.2, 0.25) is 5.91 Å². The normalized spacial score (nSPS) is 15.6. The van der Waals surface area contributed by atoms with E-state index in [9.17, 15) is 9.18 Å². The van der Waals surface area contributed by atoms with Crippen molar-refractivity contribution in [3.05, 3.63) is 52.7 Å². The predicted molar refractivity (Wildman–Crippen MR) is 118 cm³/mol. The Kier molecular flexibility index (Phi) is 7.06. The second-order valence-corrected chi connectivity index (χ2v) is 8.51. The van der Waals surface area contributed by atoms with Gasteiger partial charge in [-0.25, -0.2) is 14.4 Å². The van der Waals surface area contributed by atoms with Gasteiger partial charge in [0.1, 0.15) is 17.5 Å². The van der Waals surface area contributed by atoms with Gasteiger partial charge in [-0.15, -0.1) is 0 Å². The molecule has 0 saturated carbocycles. The van der Waals surface area contributed by atoms with Crippen LogP contribution in [0.15, 0.2) is 24.3 Å². The molecule has 1 atom stereocenters. The summed E-state index contributed by atoms with van der Waals surface area (Å²) < 4.78 is 14.4. The van der Waals surface area contributed by atoms with Gasteiger partial charge in [0.25, 0.3) is 0 Å². The summed E-state index contributed by atoms with van der Waals surface area (Å²) >= 11 is 0. The minimum atomic E-state index is -0.207. The van der Waals surface area contributed by atoms with Gasteiger partial charge in [-0.2, -0.15) is 0 Å². The van der Waals surface area contributed by atoms with Gasteiger partial charge in [-0.3, -0.25) is 4.79 Å². The lowest BCUT2D eigenvalue weighted by molar-refractivity contribution is -0.134. The first-order chi connectivity index (χ1) is 14.3. The number of aryl methyl sites for hydroxylation is 1. The van der Waals surface area contributed by atoms with Crippen molar-refractivity contribution in [2.75, 3.05) is 31.1 Å². The number of rotatable bonds is 6. The van der Waals surface area contributed by atoms with Crippen LogP contribution in [0.1, 0.15) is 62.7 Å². The maximum atomic E-state index is 14.4. The number of aromatic nitrogens is 2. The van der Waals surface area contributed by atoms with Gasteiger partial charge in [-0.05, 0) is 25.0 Å². The molecule has 5 nitrogen and oxygen atoms in total. The largest absolute Gasteiger partial charge is 0.353 e. The van der Waals surface area contributed by atoms with Crippen LogP contribution in [-0.4, -0.2) is 47.0 Å². The Morgan fingerprint density at radius 2 is 1.77 bits per heavy atom. The van der Waals surface area contributed by atoms with Crippen molar-refractivity contribution >= 4 is 11.7 Å². The van der Waals surface area contributed by atoms with E-state index in [1.54, 1.807) is 6.07 Å². The SMILES string of the molecule is CCC(C)c1nc(C)c(Cc2ccccc2F)c(N2CCN(C(=O)C(C)C)CC2)n1. The monoisotopic (exact) mass is 412 g/mol. The van der Waals surface area contributed by atoms with Gasteiger partial charge >= 0.3 is 0 Å². The van der Waals surface area contributed by atoms with E-state index in [1.807, 2.05) is 37.8 Å². The van der Waals surface area contributed by atoms with Crippen molar-refractivity contribution in [3.8, 4) is 0 Å². The molecule has 6 heteroatoms. The Bertz CT molecular complexity index is 891. The van der Waals surface area contributed by atoms with Crippen molar-refractivity contribution in [2.45, 2.75) is 53.4 Å². The molecule has 1 amide bonds. The highest BCUT2D eigenvalue weighted by molar-refractivity contribution is 5.78. The second-order valence-electron chi connectivity index (χ2n) is 8.51. The van der Waals surface area contributed by atoms with Gasteiger partial charge in [0.15, 0.2) is 0 Å². The molecular weight excluding hydrogens is 379 g/mol. The molecular formula is C24H33FN4O. The van der Waals surface area contributed by atoms with Crippen LogP contribution in [-0.2, 0) is 11.2 Å². The van der Waals surface area contributed by atoms with Gasteiger partial charge in [0.05, 0.1) is 0 Å². The van der Waals surface area contributed by atoms with Crippen LogP contribution < -0.4 is 4.90 Å². The summed E-state index contributed by atoms with van der Waals surface area (Å²) in [7, 11) is 0. The third-order valence-corrected chi connectivity index (χ3v) is 5.97. The zero-order valence-corrected chi connectivity index (χ0v) is 18.8. The number of benzene rings is 1. The van der Waals surface area contributed by atoms with Crippen LogP contribution in [0.25, 0.3) is 0 Å². The Balaban J connectivity index is 1.94. The Labute approximate surface area is 179 Å². The maximum Gasteiger partial charge on any atom is 0.225 e. The third-order valence-electron chi connectivity index (χ3n) is 5.97. The maximum absolute atomic E-state index is 14.4.